The first kappa shape index (κ1) is 16.2. The van der Waals surface area contributed by atoms with Crippen molar-refractivity contribution in [1.82, 2.24) is 5.43 Å². The van der Waals surface area contributed by atoms with Crippen LogP contribution in [0, 0.1) is 0 Å². The van der Waals surface area contributed by atoms with E-state index in [0.717, 1.165) is 21.4 Å². The Balaban J connectivity index is 1.92. The van der Waals surface area contributed by atoms with Gasteiger partial charge in [-0.15, -0.1) is 0 Å². The zero-order chi connectivity index (χ0) is 15.9. The number of nitrogens with zero attached hydrogens (tertiary/aromatic N) is 2. The molecule has 0 unspecified atom stereocenters. The Kier molecular flexibility index (Phi) is 5.72. The van der Waals surface area contributed by atoms with Crippen LogP contribution >= 0.6 is 15.9 Å². The Morgan fingerprint density at radius 2 is 1.77 bits per heavy atom. The van der Waals surface area contributed by atoms with Gasteiger partial charge in [0.25, 0.3) is 5.91 Å². The van der Waals surface area contributed by atoms with Crippen molar-refractivity contribution in [2.24, 2.45) is 5.10 Å². The van der Waals surface area contributed by atoms with Gasteiger partial charge in [-0.05, 0) is 36.8 Å². The average Bonchev–Trinajstić information content (AvgIpc) is 2.54. The number of hydrogen-bond donors (Lipinski definition) is 1. The van der Waals surface area contributed by atoms with Crippen molar-refractivity contribution in [2.75, 3.05) is 18.5 Å². The van der Waals surface area contributed by atoms with E-state index in [-0.39, 0.29) is 12.5 Å². The van der Waals surface area contributed by atoms with E-state index in [1.54, 1.807) is 0 Å². The summed E-state index contributed by atoms with van der Waals surface area (Å²) in [5, 5.41) is 4.15. The van der Waals surface area contributed by atoms with Crippen LogP contribution in [0.2, 0.25) is 0 Å². The van der Waals surface area contributed by atoms with E-state index in [1.807, 2.05) is 73.5 Å². The first-order valence-corrected chi connectivity index (χ1v) is 7.71. The molecule has 2 rings (SSSR count). The molecule has 0 aliphatic carbocycles. The molecule has 0 spiro atoms. The quantitative estimate of drug-likeness (QED) is 0.656. The number of benzene rings is 2. The molecule has 0 fully saturated rings. The van der Waals surface area contributed by atoms with Gasteiger partial charge in [-0.1, -0.05) is 46.3 Å². The van der Waals surface area contributed by atoms with Crippen LogP contribution in [-0.2, 0) is 4.79 Å². The van der Waals surface area contributed by atoms with E-state index >= 15 is 0 Å². The zero-order valence-electron chi connectivity index (χ0n) is 12.6. The second-order valence-electron chi connectivity index (χ2n) is 4.93. The van der Waals surface area contributed by atoms with E-state index in [1.165, 1.54) is 0 Å². The van der Waals surface area contributed by atoms with Crippen LogP contribution < -0.4 is 10.3 Å². The number of hydrazone groups is 1. The SMILES string of the molecule is CC(=NNC(=O)CN(C)c1ccccc1)c1ccc(Br)cc1. The molecule has 22 heavy (non-hydrogen) atoms. The monoisotopic (exact) mass is 359 g/mol. The highest BCUT2D eigenvalue weighted by molar-refractivity contribution is 9.10. The molecule has 2 aromatic carbocycles. The first-order valence-electron chi connectivity index (χ1n) is 6.91. The molecule has 0 bridgehead atoms. The van der Waals surface area contributed by atoms with Gasteiger partial charge < -0.3 is 4.90 Å². The van der Waals surface area contributed by atoms with Crippen molar-refractivity contribution >= 4 is 33.2 Å². The molecule has 0 saturated heterocycles. The van der Waals surface area contributed by atoms with Gasteiger partial charge in [-0.3, -0.25) is 4.79 Å². The fraction of sp³-hybridized carbons (Fsp3) is 0.176. The minimum Gasteiger partial charge on any atom is -0.365 e. The van der Waals surface area contributed by atoms with E-state index in [4.69, 9.17) is 0 Å². The van der Waals surface area contributed by atoms with Gasteiger partial charge in [0, 0.05) is 17.2 Å². The van der Waals surface area contributed by atoms with E-state index in [0.29, 0.717) is 0 Å². The maximum absolute atomic E-state index is 11.9. The number of likely N-dealkylation sites (N-methyl/N-ethyl adjacent to an activating group) is 1. The van der Waals surface area contributed by atoms with E-state index in [2.05, 4.69) is 26.5 Å². The lowest BCUT2D eigenvalue weighted by molar-refractivity contribution is -0.119. The largest absolute Gasteiger partial charge is 0.365 e. The van der Waals surface area contributed by atoms with Gasteiger partial charge in [0.15, 0.2) is 0 Å². The summed E-state index contributed by atoms with van der Waals surface area (Å²) in [6, 6.07) is 17.5. The van der Waals surface area contributed by atoms with Gasteiger partial charge >= 0.3 is 0 Å². The van der Waals surface area contributed by atoms with Crippen LogP contribution in [-0.4, -0.2) is 25.2 Å². The number of carbonyl (C=O) groups excluding carboxylic acids is 1. The molecule has 0 aliphatic rings. The number of rotatable bonds is 5. The zero-order valence-corrected chi connectivity index (χ0v) is 14.2. The minimum absolute atomic E-state index is 0.150. The highest BCUT2D eigenvalue weighted by Gasteiger charge is 2.06. The van der Waals surface area contributed by atoms with E-state index in [9.17, 15) is 4.79 Å². The number of hydrogen-bond acceptors (Lipinski definition) is 3. The molecule has 0 heterocycles. The molecule has 5 heteroatoms. The van der Waals surface area contributed by atoms with Crippen LogP contribution in [0.25, 0.3) is 0 Å². The normalized spacial score (nSPS) is 11.1. The third-order valence-electron chi connectivity index (χ3n) is 3.19. The highest BCUT2D eigenvalue weighted by Crippen LogP contribution is 2.11. The molecule has 4 nitrogen and oxygen atoms in total. The molecule has 0 saturated carbocycles. The van der Waals surface area contributed by atoms with Crippen LogP contribution in [0.1, 0.15) is 12.5 Å². The summed E-state index contributed by atoms with van der Waals surface area (Å²) in [6.45, 7) is 2.12. The lowest BCUT2D eigenvalue weighted by atomic mass is 10.1. The Hall–Kier alpha value is -2.14. The topological polar surface area (TPSA) is 44.7 Å². The molecule has 114 valence electrons. The predicted molar refractivity (Wildman–Crippen MR) is 94.2 cm³/mol. The molecule has 0 atom stereocenters. The van der Waals surface area contributed by atoms with Crippen LogP contribution in [0.3, 0.4) is 0 Å². The summed E-state index contributed by atoms with van der Waals surface area (Å²) < 4.78 is 1.01. The lowest BCUT2D eigenvalue weighted by Crippen LogP contribution is -2.33. The van der Waals surface area contributed by atoms with Crippen molar-refractivity contribution in [2.45, 2.75) is 6.92 Å². The minimum atomic E-state index is -0.150. The van der Waals surface area contributed by atoms with Crippen molar-refractivity contribution in [3.05, 3.63) is 64.6 Å². The summed E-state index contributed by atoms with van der Waals surface area (Å²) in [7, 11) is 1.88. The molecule has 1 N–H and O–H groups in total. The predicted octanol–water partition coefficient (Wildman–Crippen LogP) is 3.43. The van der Waals surface area contributed by atoms with Crippen LogP contribution in [0.15, 0.2) is 64.2 Å². The van der Waals surface area contributed by atoms with Gasteiger partial charge in [0.05, 0.1) is 12.3 Å². The number of anilines is 1. The maximum Gasteiger partial charge on any atom is 0.259 e. The molecular formula is C17H18BrN3O. The third-order valence-corrected chi connectivity index (χ3v) is 3.72. The summed E-state index contributed by atoms with van der Waals surface area (Å²) in [4.78, 5) is 13.8. The molecular weight excluding hydrogens is 342 g/mol. The first-order chi connectivity index (χ1) is 10.6. The highest BCUT2D eigenvalue weighted by atomic mass is 79.9. The summed E-state index contributed by atoms with van der Waals surface area (Å²) in [5.41, 5.74) is 5.32. The van der Waals surface area contributed by atoms with Gasteiger partial charge in [-0.25, -0.2) is 5.43 Å². The Bertz CT molecular complexity index is 653. The average molecular weight is 360 g/mol. The summed E-state index contributed by atoms with van der Waals surface area (Å²) in [6.07, 6.45) is 0. The van der Waals surface area contributed by atoms with Crippen molar-refractivity contribution in [3.63, 3.8) is 0 Å². The van der Waals surface area contributed by atoms with Crippen molar-refractivity contribution in [1.29, 1.82) is 0 Å². The Morgan fingerprint density at radius 3 is 2.41 bits per heavy atom. The number of carbonyl (C=O) groups is 1. The molecule has 1 amide bonds. The Labute approximate surface area is 139 Å². The second kappa shape index (κ2) is 7.75. The standard InChI is InChI=1S/C17H18BrN3O/c1-13(14-8-10-15(18)11-9-14)19-20-17(22)12-21(2)16-6-4-3-5-7-16/h3-11H,12H2,1-2H3,(H,20,22). The lowest BCUT2D eigenvalue weighted by Gasteiger charge is -2.17. The fourth-order valence-corrected chi connectivity index (χ4v) is 2.19. The van der Waals surface area contributed by atoms with Crippen LogP contribution in [0.4, 0.5) is 5.69 Å². The maximum atomic E-state index is 11.9. The Morgan fingerprint density at radius 1 is 1.14 bits per heavy atom. The second-order valence-corrected chi connectivity index (χ2v) is 5.85. The molecule has 2 aromatic rings. The number of para-hydroxylation sites is 1. The third kappa shape index (κ3) is 4.70. The van der Waals surface area contributed by atoms with Gasteiger partial charge in [-0.2, -0.15) is 5.10 Å². The van der Waals surface area contributed by atoms with Crippen LogP contribution in [0.5, 0.6) is 0 Å². The number of amides is 1. The summed E-state index contributed by atoms with van der Waals surface area (Å²) >= 11 is 3.39. The van der Waals surface area contributed by atoms with Crippen molar-refractivity contribution in [3.8, 4) is 0 Å². The number of nitrogens with one attached hydrogen (secondary N) is 1. The summed E-state index contributed by atoms with van der Waals surface area (Å²) in [5.74, 6) is -0.150. The molecule has 0 aliphatic heterocycles. The van der Waals surface area contributed by atoms with Gasteiger partial charge in [0.1, 0.15) is 0 Å². The smallest absolute Gasteiger partial charge is 0.259 e. The van der Waals surface area contributed by atoms with Crippen molar-refractivity contribution < 1.29 is 4.79 Å². The van der Waals surface area contributed by atoms with E-state index < -0.39 is 0 Å². The molecule has 0 aromatic heterocycles. The number of halogens is 1. The van der Waals surface area contributed by atoms with Gasteiger partial charge in [0.2, 0.25) is 0 Å². The molecule has 0 radical (unpaired) electrons. The fourth-order valence-electron chi connectivity index (χ4n) is 1.93.